The lowest BCUT2D eigenvalue weighted by Gasteiger charge is -2.29. The van der Waals surface area contributed by atoms with E-state index < -0.39 is 12.1 Å². The van der Waals surface area contributed by atoms with Gasteiger partial charge in [0.15, 0.2) is 5.13 Å². The lowest BCUT2D eigenvalue weighted by molar-refractivity contribution is 0.111. The van der Waals surface area contributed by atoms with Gasteiger partial charge in [-0.05, 0) is 55.2 Å². The number of benzene rings is 2. The highest BCUT2D eigenvalue weighted by Gasteiger charge is 2.23. The van der Waals surface area contributed by atoms with E-state index in [4.69, 9.17) is 14.6 Å². The van der Waals surface area contributed by atoms with Crippen molar-refractivity contribution >= 4 is 45.2 Å². The molecule has 39 heavy (non-hydrogen) atoms. The summed E-state index contributed by atoms with van der Waals surface area (Å²) in [6.07, 6.45) is 3.75. The minimum atomic E-state index is -0.901. The van der Waals surface area contributed by atoms with E-state index in [1.807, 2.05) is 0 Å². The SMILES string of the molecule is N#Cc1cc2c(Oc3ccc(NC(=O)Nc4nccs4)cc3)ccnc2cc1OCC1CCN(C(=O)O)CC1. The number of fused-ring (bicyclic) bond motifs is 1. The van der Waals surface area contributed by atoms with Crippen molar-refractivity contribution in [2.45, 2.75) is 12.8 Å². The Hall–Kier alpha value is -4.89. The number of aromatic nitrogens is 2. The molecular weight excluding hydrogens is 520 g/mol. The lowest BCUT2D eigenvalue weighted by atomic mass is 9.98. The summed E-state index contributed by atoms with van der Waals surface area (Å²) in [6.45, 7) is 1.35. The van der Waals surface area contributed by atoms with E-state index in [1.165, 1.54) is 16.2 Å². The normalized spacial score (nSPS) is 13.5. The third kappa shape index (κ3) is 6.34. The Morgan fingerprint density at radius 2 is 1.87 bits per heavy atom. The Morgan fingerprint density at radius 3 is 2.56 bits per heavy atom. The first-order chi connectivity index (χ1) is 19.0. The zero-order valence-corrected chi connectivity index (χ0v) is 21.5. The molecule has 1 saturated heterocycles. The maximum absolute atomic E-state index is 12.1. The number of likely N-dealkylation sites (tertiary alicyclic amines) is 1. The molecule has 0 atom stereocenters. The predicted octanol–water partition coefficient (Wildman–Crippen LogP) is 5.77. The molecule has 0 saturated carbocycles. The summed E-state index contributed by atoms with van der Waals surface area (Å²) in [5, 5.41) is 27.2. The number of piperidine rings is 1. The number of rotatable bonds is 7. The van der Waals surface area contributed by atoms with Crippen molar-refractivity contribution in [2.75, 3.05) is 30.3 Å². The molecule has 1 fully saturated rings. The fourth-order valence-electron chi connectivity index (χ4n) is 4.22. The van der Waals surface area contributed by atoms with Crippen molar-refractivity contribution in [1.29, 1.82) is 5.26 Å². The molecule has 5 rings (SSSR count). The number of ether oxygens (including phenoxy) is 2. The molecule has 3 amide bonds. The van der Waals surface area contributed by atoms with E-state index in [-0.39, 0.29) is 5.92 Å². The Morgan fingerprint density at radius 1 is 1.08 bits per heavy atom. The maximum Gasteiger partial charge on any atom is 0.407 e. The molecule has 12 heteroatoms. The number of nitrogens with one attached hydrogen (secondary N) is 2. The molecule has 0 bridgehead atoms. The van der Waals surface area contributed by atoms with Crippen molar-refractivity contribution < 1.29 is 24.2 Å². The summed E-state index contributed by atoms with van der Waals surface area (Å²) in [4.78, 5) is 33.1. The maximum atomic E-state index is 12.1. The van der Waals surface area contributed by atoms with E-state index in [0.717, 1.165) is 0 Å². The predicted molar refractivity (Wildman–Crippen MR) is 146 cm³/mol. The number of carboxylic acid groups (broad SMARTS) is 1. The molecule has 2 aromatic carbocycles. The molecule has 1 aliphatic rings. The summed E-state index contributed by atoms with van der Waals surface area (Å²) in [6, 6.07) is 13.8. The number of nitrogens with zero attached hydrogens (tertiary/aromatic N) is 4. The minimum absolute atomic E-state index is 0.210. The lowest BCUT2D eigenvalue weighted by Crippen LogP contribution is -2.38. The van der Waals surface area contributed by atoms with Crippen LogP contribution in [0.4, 0.5) is 20.4 Å². The van der Waals surface area contributed by atoms with Crippen LogP contribution in [0.5, 0.6) is 17.2 Å². The van der Waals surface area contributed by atoms with E-state index in [1.54, 1.807) is 60.2 Å². The summed E-state index contributed by atoms with van der Waals surface area (Å²) in [5.41, 5.74) is 1.55. The minimum Gasteiger partial charge on any atom is -0.492 e. The smallest absolute Gasteiger partial charge is 0.407 e. The summed E-state index contributed by atoms with van der Waals surface area (Å²) >= 11 is 1.32. The number of pyridine rings is 1. The molecule has 0 aliphatic carbocycles. The number of anilines is 2. The Labute approximate surface area is 227 Å². The van der Waals surface area contributed by atoms with Crippen LogP contribution in [0, 0.1) is 17.2 Å². The van der Waals surface area contributed by atoms with Crippen LogP contribution in [0.25, 0.3) is 10.9 Å². The Bertz CT molecular complexity index is 1510. The highest BCUT2D eigenvalue weighted by atomic mass is 32.1. The van der Waals surface area contributed by atoms with Gasteiger partial charge in [0, 0.05) is 48.0 Å². The largest absolute Gasteiger partial charge is 0.492 e. The van der Waals surface area contributed by atoms with Gasteiger partial charge in [-0.15, -0.1) is 11.3 Å². The number of amides is 3. The van der Waals surface area contributed by atoms with Crippen LogP contribution in [-0.4, -0.2) is 51.8 Å². The number of urea groups is 1. The third-order valence-corrected chi connectivity index (χ3v) is 6.96. The molecule has 198 valence electrons. The zero-order chi connectivity index (χ0) is 27.2. The molecule has 2 aromatic heterocycles. The van der Waals surface area contributed by atoms with Gasteiger partial charge in [-0.25, -0.2) is 14.6 Å². The molecule has 0 unspecified atom stereocenters. The van der Waals surface area contributed by atoms with Crippen molar-refractivity contribution in [1.82, 2.24) is 14.9 Å². The Kier molecular flexibility index (Phi) is 7.70. The average molecular weight is 545 g/mol. The van der Waals surface area contributed by atoms with Gasteiger partial charge in [-0.1, -0.05) is 0 Å². The number of thiazole rings is 1. The first kappa shape index (κ1) is 25.7. The highest BCUT2D eigenvalue weighted by Crippen LogP contribution is 2.34. The molecule has 0 radical (unpaired) electrons. The van der Waals surface area contributed by atoms with Crippen LogP contribution < -0.4 is 20.1 Å². The third-order valence-electron chi connectivity index (χ3n) is 6.28. The van der Waals surface area contributed by atoms with Gasteiger partial charge in [0.2, 0.25) is 0 Å². The van der Waals surface area contributed by atoms with Gasteiger partial charge in [0.1, 0.15) is 23.3 Å². The molecule has 3 N–H and O–H groups in total. The molecule has 4 aromatic rings. The first-order valence-corrected chi connectivity index (χ1v) is 13.1. The van der Waals surface area contributed by atoms with Gasteiger partial charge in [0.25, 0.3) is 0 Å². The van der Waals surface area contributed by atoms with Gasteiger partial charge in [-0.2, -0.15) is 5.26 Å². The van der Waals surface area contributed by atoms with E-state index in [2.05, 4.69) is 26.7 Å². The number of nitriles is 1. The van der Waals surface area contributed by atoms with Gasteiger partial charge in [0.05, 0.1) is 17.7 Å². The monoisotopic (exact) mass is 544 g/mol. The van der Waals surface area contributed by atoms with Crippen LogP contribution in [-0.2, 0) is 0 Å². The second-order valence-corrected chi connectivity index (χ2v) is 9.75. The Balaban J connectivity index is 1.25. The van der Waals surface area contributed by atoms with Crippen LogP contribution in [0.3, 0.4) is 0 Å². The first-order valence-electron chi connectivity index (χ1n) is 12.2. The fraction of sp³-hybridized carbons (Fsp3) is 0.222. The fourth-order valence-corrected chi connectivity index (χ4v) is 4.74. The van der Waals surface area contributed by atoms with E-state index in [0.29, 0.717) is 77.1 Å². The zero-order valence-electron chi connectivity index (χ0n) is 20.7. The van der Waals surface area contributed by atoms with Gasteiger partial charge < -0.3 is 24.8 Å². The van der Waals surface area contributed by atoms with Crippen molar-refractivity contribution in [3.05, 3.63) is 65.8 Å². The molecule has 11 nitrogen and oxygen atoms in total. The number of hydrogen-bond acceptors (Lipinski definition) is 8. The summed E-state index contributed by atoms with van der Waals surface area (Å²) in [5.74, 6) is 1.70. The van der Waals surface area contributed by atoms with E-state index in [9.17, 15) is 14.9 Å². The summed E-state index contributed by atoms with van der Waals surface area (Å²) in [7, 11) is 0. The van der Waals surface area contributed by atoms with Crippen LogP contribution in [0.2, 0.25) is 0 Å². The van der Waals surface area contributed by atoms with Crippen LogP contribution in [0.15, 0.2) is 60.2 Å². The molecular formula is C27H24N6O5S. The van der Waals surface area contributed by atoms with Crippen molar-refractivity contribution in [3.63, 3.8) is 0 Å². The molecule has 3 heterocycles. The number of carbonyl (C=O) groups excluding carboxylic acids is 1. The standard InChI is InChI=1S/C27H24N6O5S/c28-15-18-13-21-22(14-24(18)37-16-17-6-10-33(11-7-17)27(35)36)29-8-5-23(21)38-20-3-1-19(2-4-20)31-25(34)32-26-30-9-12-39-26/h1-5,8-9,12-14,17H,6-7,10-11,16H2,(H,35,36)(H2,30,31,32,34). The van der Waals surface area contributed by atoms with Gasteiger partial charge in [-0.3, -0.25) is 10.3 Å². The quantitative estimate of drug-likeness (QED) is 0.265. The summed E-state index contributed by atoms with van der Waals surface area (Å²) < 4.78 is 12.1. The van der Waals surface area contributed by atoms with Gasteiger partial charge >= 0.3 is 12.1 Å². The molecule has 0 spiro atoms. The van der Waals surface area contributed by atoms with Crippen LogP contribution >= 0.6 is 11.3 Å². The van der Waals surface area contributed by atoms with E-state index >= 15 is 0 Å². The number of carbonyl (C=O) groups is 2. The van der Waals surface area contributed by atoms with Crippen molar-refractivity contribution in [2.24, 2.45) is 5.92 Å². The number of hydrogen-bond donors (Lipinski definition) is 3. The van der Waals surface area contributed by atoms with Crippen molar-refractivity contribution in [3.8, 4) is 23.3 Å². The molecule has 1 aliphatic heterocycles. The van der Waals surface area contributed by atoms with Crippen LogP contribution in [0.1, 0.15) is 18.4 Å². The highest BCUT2D eigenvalue weighted by molar-refractivity contribution is 7.13. The average Bonchev–Trinajstić information content (AvgIpc) is 3.45. The second kappa shape index (κ2) is 11.7. The topological polar surface area (TPSA) is 150 Å². The second-order valence-electron chi connectivity index (χ2n) is 8.85.